The number of fused-ring (bicyclic) bond motifs is 11. The molecule has 0 amide bonds. The van der Waals surface area contributed by atoms with E-state index in [-0.39, 0.29) is 0 Å². The summed E-state index contributed by atoms with van der Waals surface area (Å²) in [6, 6.07) is 0. The van der Waals surface area contributed by atoms with Crippen LogP contribution in [0.2, 0.25) is 0 Å². The minimum absolute atomic E-state index is 0.399. The molecule has 0 aromatic carbocycles. The molecule has 0 spiro atoms. The molecule has 2 nitrogen and oxygen atoms in total. The third kappa shape index (κ3) is 1.30. The van der Waals surface area contributed by atoms with Gasteiger partial charge in [0.2, 0.25) is 0 Å². The first-order valence-corrected chi connectivity index (χ1v) is 9.07. The predicted octanol–water partition coefficient (Wildman–Crippen LogP) is 2.54. The van der Waals surface area contributed by atoms with Gasteiger partial charge in [-0.1, -0.05) is 0 Å². The van der Waals surface area contributed by atoms with Crippen molar-refractivity contribution < 1.29 is 10.2 Å². The van der Waals surface area contributed by atoms with Gasteiger partial charge in [-0.15, -0.1) is 0 Å². The van der Waals surface area contributed by atoms with Crippen molar-refractivity contribution in [3.63, 3.8) is 0 Å². The van der Waals surface area contributed by atoms with E-state index in [1.165, 1.54) is 32.1 Å². The van der Waals surface area contributed by atoms with Crippen LogP contribution in [0.1, 0.15) is 38.5 Å². The molecule has 5 rings (SSSR count). The van der Waals surface area contributed by atoms with Crippen molar-refractivity contribution in [1.82, 2.24) is 0 Å². The first kappa shape index (κ1) is 12.5. The fourth-order valence-corrected chi connectivity index (χ4v) is 8.45. The van der Waals surface area contributed by atoms with E-state index in [9.17, 15) is 10.2 Å². The largest absolute Gasteiger partial charge is 0.396 e. The summed E-state index contributed by atoms with van der Waals surface area (Å²) in [7, 11) is 0. The van der Waals surface area contributed by atoms with Gasteiger partial charge in [-0.05, 0) is 97.7 Å². The summed E-state index contributed by atoms with van der Waals surface area (Å²) < 4.78 is 0. The Labute approximate surface area is 122 Å². The van der Waals surface area contributed by atoms with Crippen molar-refractivity contribution in [3.05, 3.63) is 0 Å². The number of rotatable bonds is 3. The Morgan fingerprint density at radius 2 is 1.20 bits per heavy atom. The molecule has 10 unspecified atom stereocenters. The summed E-state index contributed by atoms with van der Waals surface area (Å²) in [6.07, 6.45) is 8.26. The van der Waals surface area contributed by atoms with Crippen LogP contribution in [0.3, 0.4) is 0 Å². The van der Waals surface area contributed by atoms with Gasteiger partial charge in [-0.2, -0.15) is 0 Å². The topological polar surface area (TPSA) is 40.5 Å². The normalized spacial score (nSPS) is 62.1. The van der Waals surface area contributed by atoms with E-state index in [0.717, 1.165) is 59.7 Å². The van der Waals surface area contributed by atoms with Crippen molar-refractivity contribution in [3.8, 4) is 0 Å². The molecular weight excluding hydrogens is 248 g/mol. The number of aliphatic hydroxyl groups excluding tert-OH is 2. The molecule has 0 aromatic rings. The van der Waals surface area contributed by atoms with Gasteiger partial charge in [0.1, 0.15) is 0 Å². The zero-order valence-corrected chi connectivity index (χ0v) is 12.3. The van der Waals surface area contributed by atoms with Crippen LogP contribution in [-0.4, -0.2) is 23.4 Å². The van der Waals surface area contributed by atoms with Gasteiger partial charge < -0.3 is 10.2 Å². The Morgan fingerprint density at radius 3 is 1.80 bits per heavy atom. The van der Waals surface area contributed by atoms with Crippen LogP contribution in [0.15, 0.2) is 0 Å². The fraction of sp³-hybridized carbons (Fsp3) is 1.00. The van der Waals surface area contributed by atoms with Crippen molar-refractivity contribution in [2.24, 2.45) is 59.2 Å². The van der Waals surface area contributed by atoms with E-state index in [0.29, 0.717) is 19.1 Å². The van der Waals surface area contributed by atoms with Crippen molar-refractivity contribution >= 4 is 0 Å². The molecule has 112 valence electrons. The van der Waals surface area contributed by atoms with E-state index in [1.54, 1.807) is 0 Å². The van der Waals surface area contributed by atoms with Gasteiger partial charge in [0, 0.05) is 13.2 Å². The summed E-state index contributed by atoms with van der Waals surface area (Å²) in [4.78, 5) is 0. The SMILES string of the molecule is OCCC1C2CCC1C1C2CC2C3CCC(C3CO)C21. The molecule has 0 aliphatic heterocycles. The highest BCUT2D eigenvalue weighted by atomic mass is 16.3. The zero-order valence-electron chi connectivity index (χ0n) is 12.3. The first-order chi connectivity index (χ1) is 9.85. The van der Waals surface area contributed by atoms with Crippen LogP contribution >= 0.6 is 0 Å². The number of hydrogen-bond acceptors (Lipinski definition) is 2. The van der Waals surface area contributed by atoms with Crippen molar-refractivity contribution in [2.75, 3.05) is 13.2 Å². The van der Waals surface area contributed by atoms with Gasteiger partial charge in [0.15, 0.2) is 0 Å². The summed E-state index contributed by atoms with van der Waals surface area (Å²) in [5.41, 5.74) is 0. The molecular formula is C18H28O2. The Morgan fingerprint density at radius 1 is 0.650 bits per heavy atom. The van der Waals surface area contributed by atoms with E-state index < -0.39 is 0 Å². The van der Waals surface area contributed by atoms with Crippen LogP contribution in [-0.2, 0) is 0 Å². The first-order valence-electron chi connectivity index (χ1n) is 9.07. The second-order valence-corrected chi connectivity index (χ2v) is 8.55. The summed E-state index contributed by atoms with van der Waals surface area (Å²) >= 11 is 0. The molecule has 2 heteroatoms. The standard InChI is InChI=1S/C18H28O2/c19-6-5-11-9-1-3-12(11)17-14(9)7-15-10-2-4-13(18(15)17)16(10)8-20/h9-20H,1-8H2. The van der Waals surface area contributed by atoms with E-state index >= 15 is 0 Å². The number of hydrogen-bond donors (Lipinski definition) is 2. The quantitative estimate of drug-likeness (QED) is 0.831. The van der Waals surface area contributed by atoms with Gasteiger partial charge in [0.25, 0.3) is 0 Å². The van der Waals surface area contributed by atoms with Crippen LogP contribution in [0.5, 0.6) is 0 Å². The lowest BCUT2D eigenvalue weighted by molar-refractivity contribution is 0.125. The average molecular weight is 276 g/mol. The minimum atomic E-state index is 0.399. The molecule has 4 bridgehead atoms. The zero-order chi connectivity index (χ0) is 13.4. The molecule has 0 heterocycles. The van der Waals surface area contributed by atoms with Crippen LogP contribution in [0.25, 0.3) is 0 Å². The fourth-order valence-electron chi connectivity index (χ4n) is 8.45. The lowest BCUT2D eigenvalue weighted by Gasteiger charge is -2.34. The van der Waals surface area contributed by atoms with E-state index in [4.69, 9.17) is 0 Å². The third-order valence-corrected chi connectivity index (χ3v) is 8.61. The van der Waals surface area contributed by atoms with Crippen LogP contribution < -0.4 is 0 Å². The number of aliphatic hydroxyl groups is 2. The second kappa shape index (κ2) is 4.23. The molecule has 0 saturated heterocycles. The molecule has 20 heavy (non-hydrogen) atoms. The molecule has 5 aliphatic carbocycles. The van der Waals surface area contributed by atoms with Gasteiger partial charge in [-0.3, -0.25) is 0 Å². The van der Waals surface area contributed by atoms with Gasteiger partial charge in [-0.25, -0.2) is 0 Å². The molecule has 5 saturated carbocycles. The minimum Gasteiger partial charge on any atom is -0.396 e. The van der Waals surface area contributed by atoms with Gasteiger partial charge >= 0.3 is 0 Å². The Hall–Kier alpha value is -0.0800. The van der Waals surface area contributed by atoms with Crippen molar-refractivity contribution in [1.29, 1.82) is 0 Å². The summed E-state index contributed by atoms with van der Waals surface area (Å²) in [5.74, 6) is 9.05. The molecule has 0 radical (unpaired) electrons. The predicted molar refractivity (Wildman–Crippen MR) is 76.8 cm³/mol. The molecule has 0 aromatic heterocycles. The monoisotopic (exact) mass is 276 g/mol. The molecule has 5 fully saturated rings. The highest BCUT2D eigenvalue weighted by molar-refractivity contribution is 5.16. The summed E-state index contributed by atoms with van der Waals surface area (Å²) in [6.45, 7) is 0.852. The van der Waals surface area contributed by atoms with Gasteiger partial charge in [0.05, 0.1) is 0 Å². The smallest absolute Gasteiger partial charge is 0.0464 e. The Kier molecular flexibility index (Phi) is 2.63. The second-order valence-electron chi connectivity index (χ2n) is 8.55. The summed E-state index contributed by atoms with van der Waals surface area (Å²) in [5, 5.41) is 19.2. The maximum atomic E-state index is 9.78. The Bertz CT molecular complexity index is 406. The van der Waals surface area contributed by atoms with E-state index in [2.05, 4.69) is 0 Å². The maximum Gasteiger partial charge on any atom is 0.0464 e. The maximum absolute atomic E-state index is 9.78. The molecule has 5 aliphatic rings. The lowest BCUT2D eigenvalue weighted by Crippen LogP contribution is -2.29. The van der Waals surface area contributed by atoms with Crippen molar-refractivity contribution in [2.45, 2.75) is 38.5 Å². The van der Waals surface area contributed by atoms with E-state index in [1.807, 2.05) is 0 Å². The molecule has 2 N–H and O–H groups in total. The average Bonchev–Trinajstić information content (AvgIpc) is 3.19. The lowest BCUT2D eigenvalue weighted by atomic mass is 9.71. The Balaban J connectivity index is 1.46. The molecule has 10 atom stereocenters. The highest BCUT2D eigenvalue weighted by Gasteiger charge is 2.67. The third-order valence-electron chi connectivity index (χ3n) is 8.61. The van der Waals surface area contributed by atoms with Crippen LogP contribution in [0, 0.1) is 59.2 Å². The van der Waals surface area contributed by atoms with Crippen LogP contribution in [0.4, 0.5) is 0 Å². The highest BCUT2D eigenvalue weighted by Crippen LogP contribution is 2.73.